The molecule has 0 bridgehead atoms. The zero-order valence-corrected chi connectivity index (χ0v) is 19.8. The topological polar surface area (TPSA) is 72.7 Å². The average Bonchev–Trinajstić information content (AvgIpc) is 3.14. The van der Waals surface area contributed by atoms with Crippen LogP contribution in [0.3, 0.4) is 0 Å². The summed E-state index contributed by atoms with van der Waals surface area (Å²) in [5.74, 6) is 0.591. The average molecular weight is 459 g/mol. The lowest BCUT2D eigenvalue weighted by Crippen LogP contribution is -2.17. The molecule has 0 saturated carbocycles. The summed E-state index contributed by atoms with van der Waals surface area (Å²) < 4.78 is 12.8. The highest BCUT2D eigenvalue weighted by atomic mass is 16.5. The molecule has 6 heteroatoms. The second-order valence-corrected chi connectivity index (χ2v) is 8.27. The van der Waals surface area contributed by atoms with Gasteiger partial charge in [0.15, 0.2) is 0 Å². The second-order valence-electron chi connectivity index (χ2n) is 8.27. The Balaban J connectivity index is 1.66. The molecule has 0 fully saturated rings. The number of hydrogen-bond donors (Lipinski definition) is 2. The van der Waals surface area contributed by atoms with Crippen molar-refractivity contribution in [3.05, 3.63) is 94.7 Å². The molecular formula is C28H30N2O4. The van der Waals surface area contributed by atoms with Gasteiger partial charge in [-0.3, -0.25) is 0 Å². The number of rotatable bonds is 10. The molecule has 0 aliphatic carbocycles. The normalized spacial score (nSPS) is 11.0. The van der Waals surface area contributed by atoms with Gasteiger partial charge in [0, 0.05) is 36.7 Å². The number of ether oxygens (including phenoxy) is 2. The van der Waals surface area contributed by atoms with Crippen LogP contribution in [0.2, 0.25) is 0 Å². The van der Waals surface area contributed by atoms with Crippen molar-refractivity contribution in [2.24, 2.45) is 0 Å². The van der Waals surface area contributed by atoms with Crippen molar-refractivity contribution in [2.75, 3.05) is 13.7 Å². The maximum atomic E-state index is 12.4. The number of aryl methyl sites for hydroxylation is 1. The zero-order chi connectivity index (χ0) is 24.1. The minimum atomic E-state index is -0.944. The number of benzene rings is 3. The van der Waals surface area contributed by atoms with Crippen molar-refractivity contribution in [1.82, 2.24) is 9.88 Å². The van der Waals surface area contributed by atoms with Gasteiger partial charge < -0.3 is 24.5 Å². The zero-order valence-electron chi connectivity index (χ0n) is 19.8. The SMILES string of the molecule is CCOc1ccc(CNCc2c(C(=O)O)n(Cc3ccc(C)cc3)c3cc(OC)ccc23)cc1. The molecule has 4 aromatic rings. The molecule has 6 nitrogen and oxygen atoms in total. The smallest absolute Gasteiger partial charge is 0.352 e. The van der Waals surface area contributed by atoms with E-state index < -0.39 is 5.97 Å². The van der Waals surface area contributed by atoms with Crippen LogP contribution in [0, 0.1) is 6.92 Å². The minimum absolute atomic E-state index is 0.294. The lowest BCUT2D eigenvalue weighted by atomic mass is 10.1. The van der Waals surface area contributed by atoms with Crippen molar-refractivity contribution in [2.45, 2.75) is 33.5 Å². The van der Waals surface area contributed by atoms with Crippen LogP contribution in [0.4, 0.5) is 0 Å². The fourth-order valence-electron chi connectivity index (χ4n) is 4.19. The summed E-state index contributed by atoms with van der Waals surface area (Å²) in [7, 11) is 1.62. The molecule has 0 unspecified atom stereocenters. The number of hydrogen-bond acceptors (Lipinski definition) is 4. The van der Waals surface area contributed by atoms with Crippen molar-refractivity contribution in [1.29, 1.82) is 0 Å². The van der Waals surface area contributed by atoms with E-state index in [0.717, 1.165) is 33.3 Å². The van der Waals surface area contributed by atoms with Crippen molar-refractivity contribution < 1.29 is 19.4 Å². The second kappa shape index (κ2) is 10.4. The molecule has 34 heavy (non-hydrogen) atoms. The Morgan fingerprint density at radius 2 is 1.62 bits per heavy atom. The van der Waals surface area contributed by atoms with Crippen LogP contribution in [0.25, 0.3) is 10.9 Å². The Morgan fingerprint density at radius 3 is 2.26 bits per heavy atom. The number of carboxylic acids is 1. The maximum Gasteiger partial charge on any atom is 0.352 e. The van der Waals surface area contributed by atoms with Crippen LogP contribution >= 0.6 is 0 Å². The molecule has 0 aliphatic rings. The maximum absolute atomic E-state index is 12.4. The number of carboxylic acid groups (broad SMARTS) is 1. The van der Waals surface area contributed by atoms with E-state index in [-0.39, 0.29) is 0 Å². The van der Waals surface area contributed by atoms with Gasteiger partial charge in [0.2, 0.25) is 0 Å². The standard InChI is InChI=1S/C28H30N2O4/c1-4-34-22-11-9-20(10-12-22)16-29-17-25-24-14-13-23(33-3)15-26(24)30(27(25)28(31)32)18-21-7-5-19(2)6-8-21/h5-15,29H,4,16-18H2,1-3H3,(H,31,32). The Bertz CT molecular complexity index is 1270. The first kappa shape index (κ1) is 23.4. The quantitative estimate of drug-likeness (QED) is 0.333. The highest BCUT2D eigenvalue weighted by molar-refractivity contribution is 5.98. The molecule has 0 spiro atoms. The third-order valence-electron chi connectivity index (χ3n) is 5.91. The molecule has 2 N–H and O–H groups in total. The first-order chi connectivity index (χ1) is 16.5. The molecule has 3 aromatic carbocycles. The van der Waals surface area contributed by atoms with Gasteiger partial charge >= 0.3 is 5.97 Å². The van der Waals surface area contributed by atoms with Crippen LogP contribution in [0.1, 0.15) is 39.7 Å². The van der Waals surface area contributed by atoms with Crippen LogP contribution in [-0.2, 0) is 19.6 Å². The van der Waals surface area contributed by atoms with Crippen molar-refractivity contribution in [3.63, 3.8) is 0 Å². The molecular weight excluding hydrogens is 428 g/mol. The Morgan fingerprint density at radius 1 is 0.941 bits per heavy atom. The summed E-state index contributed by atoms with van der Waals surface area (Å²) in [5.41, 5.74) is 5.22. The van der Waals surface area contributed by atoms with Crippen LogP contribution in [-0.4, -0.2) is 29.4 Å². The van der Waals surface area contributed by atoms with E-state index in [1.165, 1.54) is 5.56 Å². The van der Waals surface area contributed by atoms with E-state index in [9.17, 15) is 9.90 Å². The molecule has 0 radical (unpaired) electrons. The molecule has 0 amide bonds. The van der Waals surface area contributed by atoms with Gasteiger partial charge in [-0.1, -0.05) is 42.0 Å². The predicted octanol–water partition coefficient (Wildman–Crippen LogP) is 5.39. The van der Waals surface area contributed by atoms with Gasteiger partial charge in [-0.05, 0) is 49.2 Å². The minimum Gasteiger partial charge on any atom is -0.497 e. The van der Waals surface area contributed by atoms with Gasteiger partial charge in [0.05, 0.1) is 19.2 Å². The summed E-state index contributed by atoms with van der Waals surface area (Å²) in [4.78, 5) is 12.4. The fraction of sp³-hybridized carbons (Fsp3) is 0.250. The molecule has 4 rings (SSSR count). The third-order valence-corrected chi connectivity index (χ3v) is 5.91. The molecule has 1 aromatic heterocycles. The largest absolute Gasteiger partial charge is 0.497 e. The number of fused-ring (bicyclic) bond motifs is 1. The van der Waals surface area contributed by atoms with E-state index in [0.29, 0.717) is 37.7 Å². The fourth-order valence-corrected chi connectivity index (χ4v) is 4.19. The lowest BCUT2D eigenvalue weighted by Gasteiger charge is -2.11. The van der Waals surface area contributed by atoms with Gasteiger partial charge in [0.1, 0.15) is 17.2 Å². The van der Waals surface area contributed by atoms with Gasteiger partial charge in [-0.15, -0.1) is 0 Å². The number of nitrogens with one attached hydrogen (secondary N) is 1. The van der Waals surface area contributed by atoms with Gasteiger partial charge in [-0.25, -0.2) is 4.79 Å². The summed E-state index contributed by atoms with van der Waals surface area (Å²) >= 11 is 0. The highest BCUT2D eigenvalue weighted by Crippen LogP contribution is 2.31. The molecule has 176 valence electrons. The van der Waals surface area contributed by atoms with Crippen LogP contribution in [0.5, 0.6) is 11.5 Å². The summed E-state index contributed by atoms with van der Waals surface area (Å²) in [5, 5.41) is 14.5. The summed E-state index contributed by atoms with van der Waals surface area (Å²) in [6.07, 6.45) is 0. The number of aromatic nitrogens is 1. The van der Waals surface area contributed by atoms with Gasteiger partial charge in [0.25, 0.3) is 0 Å². The first-order valence-corrected chi connectivity index (χ1v) is 11.4. The monoisotopic (exact) mass is 458 g/mol. The number of aromatic carboxylic acids is 1. The molecule has 0 aliphatic heterocycles. The predicted molar refractivity (Wildman–Crippen MR) is 134 cm³/mol. The number of methoxy groups -OCH3 is 1. The molecule has 0 saturated heterocycles. The summed E-state index contributed by atoms with van der Waals surface area (Å²) in [6, 6.07) is 21.8. The van der Waals surface area contributed by atoms with E-state index in [1.54, 1.807) is 7.11 Å². The lowest BCUT2D eigenvalue weighted by molar-refractivity contribution is 0.0684. The summed E-state index contributed by atoms with van der Waals surface area (Å²) in [6.45, 7) is 6.14. The third kappa shape index (κ3) is 5.07. The van der Waals surface area contributed by atoms with Gasteiger partial charge in [-0.2, -0.15) is 0 Å². The molecule has 1 heterocycles. The van der Waals surface area contributed by atoms with Crippen molar-refractivity contribution >= 4 is 16.9 Å². The first-order valence-electron chi connectivity index (χ1n) is 11.4. The Kier molecular flexibility index (Phi) is 7.18. The van der Waals surface area contributed by atoms with E-state index in [2.05, 4.69) is 5.32 Å². The highest BCUT2D eigenvalue weighted by Gasteiger charge is 2.23. The van der Waals surface area contributed by atoms with E-state index in [1.807, 2.05) is 85.1 Å². The number of carbonyl (C=O) groups is 1. The van der Waals surface area contributed by atoms with Crippen LogP contribution in [0.15, 0.2) is 66.7 Å². The van der Waals surface area contributed by atoms with E-state index >= 15 is 0 Å². The van der Waals surface area contributed by atoms with E-state index in [4.69, 9.17) is 9.47 Å². The Labute approximate surface area is 199 Å². The van der Waals surface area contributed by atoms with Crippen molar-refractivity contribution in [3.8, 4) is 11.5 Å². The molecule has 0 atom stereocenters. The Hall–Kier alpha value is -3.77. The number of nitrogens with zero attached hydrogens (tertiary/aromatic N) is 1. The van der Waals surface area contributed by atoms with Crippen LogP contribution < -0.4 is 14.8 Å².